The Labute approximate surface area is 164 Å². The molecule has 1 aliphatic heterocycles. The molecule has 0 spiro atoms. The van der Waals surface area contributed by atoms with Gasteiger partial charge in [-0.1, -0.05) is 11.6 Å². The molecule has 3 rings (SSSR count). The van der Waals surface area contributed by atoms with E-state index in [9.17, 15) is 18.0 Å². The average molecular weight is 424 g/mol. The maximum atomic E-state index is 12.7. The van der Waals surface area contributed by atoms with Crippen LogP contribution in [0.15, 0.2) is 18.2 Å². The van der Waals surface area contributed by atoms with Crippen molar-refractivity contribution < 1.29 is 18.0 Å². The van der Waals surface area contributed by atoms with E-state index in [1.54, 1.807) is 7.05 Å². The summed E-state index contributed by atoms with van der Waals surface area (Å²) in [5.74, 6) is 0.432. The minimum Gasteiger partial charge on any atom is -0.317 e. The van der Waals surface area contributed by atoms with E-state index in [-0.39, 0.29) is 34.9 Å². The Bertz CT molecular complexity index is 819. The number of amides is 1. The van der Waals surface area contributed by atoms with Gasteiger partial charge in [0.2, 0.25) is 5.95 Å². The molecule has 1 saturated heterocycles. The van der Waals surface area contributed by atoms with Crippen molar-refractivity contribution in [2.75, 3.05) is 18.4 Å². The Morgan fingerprint density at radius 3 is 2.59 bits per heavy atom. The van der Waals surface area contributed by atoms with E-state index >= 15 is 0 Å². The van der Waals surface area contributed by atoms with Crippen molar-refractivity contribution in [2.45, 2.75) is 24.9 Å². The molecule has 1 amide bonds. The number of nitrogens with one attached hydrogen (secondary N) is 2. The monoisotopic (exact) mass is 423 g/mol. The molecule has 0 saturated carbocycles. The predicted octanol–water partition coefficient (Wildman–Crippen LogP) is 3.63. The first kappa shape index (κ1) is 21.5. The highest BCUT2D eigenvalue weighted by Crippen LogP contribution is 2.32. The topological polar surface area (TPSA) is 71.8 Å². The van der Waals surface area contributed by atoms with E-state index in [4.69, 9.17) is 11.6 Å². The SMILES string of the molecule is Cl.Cn1nc(C2CCNCC2)nc1NC(=O)c1ccc(C(F)(F)F)cc1Cl. The van der Waals surface area contributed by atoms with Crippen LogP contribution in [0.4, 0.5) is 19.1 Å². The van der Waals surface area contributed by atoms with Crippen LogP contribution in [0.2, 0.25) is 5.02 Å². The first-order valence-electron chi connectivity index (χ1n) is 8.05. The third kappa shape index (κ3) is 4.91. The number of hydrogen-bond acceptors (Lipinski definition) is 4. The van der Waals surface area contributed by atoms with Gasteiger partial charge < -0.3 is 5.32 Å². The molecular formula is C16H18Cl2F3N5O. The molecule has 2 N–H and O–H groups in total. The highest BCUT2D eigenvalue weighted by atomic mass is 35.5. The fourth-order valence-corrected chi connectivity index (χ4v) is 3.08. The quantitative estimate of drug-likeness (QED) is 0.790. The Kier molecular flexibility index (Phi) is 6.72. The summed E-state index contributed by atoms with van der Waals surface area (Å²) < 4.78 is 39.5. The zero-order valence-corrected chi connectivity index (χ0v) is 15.9. The number of anilines is 1. The molecule has 11 heteroatoms. The van der Waals surface area contributed by atoms with Gasteiger partial charge in [0, 0.05) is 13.0 Å². The van der Waals surface area contributed by atoms with E-state index in [1.165, 1.54) is 4.68 Å². The summed E-state index contributed by atoms with van der Waals surface area (Å²) >= 11 is 5.85. The molecule has 6 nitrogen and oxygen atoms in total. The highest BCUT2D eigenvalue weighted by molar-refractivity contribution is 6.34. The number of nitrogens with zero attached hydrogens (tertiary/aromatic N) is 3. The van der Waals surface area contributed by atoms with Gasteiger partial charge in [0.05, 0.1) is 16.1 Å². The molecule has 1 aromatic carbocycles. The second kappa shape index (κ2) is 8.45. The van der Waals surface area contributed by atoms with Crippen molar-refractivity contribution in [3.05, 3.63) is 40.2 Å². The average Bonchev–Trinajstić information content (AvgIpc) is 2.95. The summed E-state index contributed by atoms with van der Waals surface area (Å²) in [5, 5.41) is 9.86. The lowest BCUT2D eigenvalue weighted by atomic mass is 9.98. The maximum absolute atomic E-state index is 12.7. The third-order valence-electron chi connectivity index (χ3n) is 4.25. The van der Waals surface area contributed by atoms with E-state index in [1.807, 2.05) is 0 Å². The summed E-state index contributed by atoms with van der Waals surface area (Å²) in [6.07, 6.45) is -2.71. The normalized spacial score (nSPS) is 15.3. The van der Waals surface area contributed by atoms with E-state index in [0.717, 1.165) is 44.1 Å². The third-order valence-corrected chi connectivity index (χ3v) is 4.56. The summed E-state index contributed by atoms with van der Waals surface area (Å²) in [6, 6.07) is 2.59. The zero-order valence-electron chi connectivity index (χ0n) is 14.3. The smallest absolute Gasteiger partial charge is 0.317 e. The molecule has 1 aromatic heterocycles. The maximum Gasteiger partial charge on any atom is 0.416 e. The van der Waals surface area contributed by atoms with Gasteiger partial charge in [-0.3, -0.25) is 10.1 Å². The van der Waals surface area contributed by atoms with Crippen molar-refractivity contribution in [1.29, 1.82) is 0 Å². The molecule has 148 valence electrons. The number of piperidine rings is 1. The number of halogens is 5. The fourth-order valence-electron chi connectivity index (χ4n) is 2.81. The van der Waals surface area contributed by atoms with Gasteiger partial charge in [-0.15, -0.1) is 12.4 Å². The lowest BCUT2D eigenvalue weighted by molar-refractivity contribution is -0.137. The number of carbonyl (C=O) groups is 1. The molecular weight excluding hydrogens is 406 g/mol. The summed E-state index contributed by atoms with van der Waals surface area (Å²) in [5.41, 5.74) is -0.975. The van der Waals surface area contributed by atoms with Gasteiger partial charge in [0.25, 0.3) is 5.91 Å². The largest absolute Gasteiger partial charge is 0.416 e. The van der Waals surface area contributed by atoms with Crippen LogP contribution in [0, 0.1) is 0 Å². The zero-order chi connectivity index (χ0) is 18.9. The van der Waals surface area contributed by atoms with Crippen LogP contribution in [0.25, 0.3) is 0 Å². The van der Waals surface area contributed by atoms with Gasteiger partial charge in [0.1, 0.15) is 0 Å². The Hall–Kier alpha value is -1.84. The van der Waals surface area contributed by atoms with Gasteiger partial charge >= 0.3 is 6.18 Å². The van der Waals surface area contributed by atoms with E-state index in [0.29, 0.717) is 5.82 Å². The first-order chi connectivity index (χ1) is 12.3. The summed E-state index contributed by atoms with van der Waals surface area (Å²) in [6.45, 7) is 1.76. The van der Waals surface area contributed by atoms with Crippen LogP contribution < -0.4 is 10.6 Å². The molecule has 0 radical (unpaired) electrons. The molecule has 2 heterocycles. The van der Waals surface area contributed by atoms with Crippen molar-refractivity contribution in [2.24, 2.45) is 7.05 Å². The van der Waals surface area contributed by atoms with Crippen molar-refractivity contribution >= 4 is 35.9 Å². The van der Waals surface area contributed by atoms with E-state index < -0.39 is 17.6 Å². The van der Waals surface area contributed by atoms with Crippen molar-refractivity contribution in [3.8, 4) is 0 Å². The summed E-state index contributed by atoms with van der Waals surface area (Å²) in [4.78, 5) is 16.7. The van der Waals surface area contributed by atoms with Crippen LogP contribution in [-0.2, 0) is 13.2 Å². The Balaban J connectivity index is 0.00000261. The number of aryl methyl sites for hydroxylation is 1. The highest BCUT2D eigenvalue weighted by Gasteiger charge is 2.31. The molecule has 27 heavy (non-hydrogen) atoms. The minimum absolute atomic E-state index is 0. The standard InChI is InChI=1S/C16H17ClF3N5O.ClH/c1-25-15(22-13(24-25)9-4-6-21-7-5-9)23-14(26)11-3-2-10(8-12(11)17)16(18,19)20;/h2-3,8-9,21H,4-7H2,1H3,(H,22,23,24,26);1H. The summed E-state index contributed by atoms with van der Waals surface area (Å²) in [7, 11) is 1.64. The van der Waals surface area contributed by atoms with Crippen molar-refractivity contribution in [1.82, 2.24) is 20.1 Å². The lowest BCUT2D eigenvalue weighted by Gasteiger charge is -2.19. The van der Waals surface area contributed by atoms with Gasteiger partial charge in [-0.2, -0.15) is 23.3 Å². The van der Waals surface area contributed by atoms with E-state index in [2.05, 4.69) is 20.7 Å². The molecule has 2 aromatic rings. The number of benzene rings is 1. The van der Waals surface area contributed by atoms with Crippen LogP contribution in [0.5, 0.6) is 0 Å². The van der Waals surface area contributed by atoms with Crippen LogP contribution in [-0.4, -0.2) is 33.8 Å². The molecule has 0 bridgehead atoms. The Morgan fingerprint density at radius 2 is 2.00 bits per heavy atom. The predicted molar refractivity (Wildman–Crippen MR) is 97.5 cm³/mol. The molecule has 0 aliphatic carbocycles. The van der Waals surface area contributed by atoms with Crippen molar-refractivity contribution in [3.63, 3.8) is 0 Å². The fraction of sp³-hybridized carbons (Fsp3) is 0.438. The minimum atomic E-state index is -4.52. The van der Waals surface area contributed by atoms with Gasteiger partial charge in [0.15, 0.2) is 5.82 Å². The number of aromatic nitrogens is 3. The van der Waals surface area contributed by atoms with Crippen LogP contribution >= 0.6 is 24.0 Å². The molecule has 1 aliphatic rings. The molecule has 1 fully saturated rings. The number of rotatable bonds is 3. The lowest BCUT2D eigenvalue weighted by Crippen LogP contribution is -2.27. The molecule has 0 unspecified atom stereocenters. The second-order valence-corrected chi connectivity index (χ2v) is 6.50. The number of alkyl halides is 3. The Morgan fingerprint density at radius 1 is 1.33 bits per heavy atom. The van der Waals surface area contributed by atoms with Crippen LogP contribution in [0.3, 0.4) is 0 Å². The van der Waals surface area contributed by atoms with Gasteiger partial charge in [-0.05, 0) is 44.1 Å². The number of carbonyl (C=O) groups excluding carboxylic acids is 1. The van der Waals surface area contributed by atoms with Crippen LogP contribution in [0.1, 0.15) is 40.5 Å². The van der Waals surface area contributed by atoms with Gasteiger partial charge in [-0.25, -0.2) is 4.68 Å². The molecule has 0 atom stereocenters. The second-order valence-electron chi connectivity index (χ2n) is 6.09. The first-order valence-corrected chi connectivity index (χ1v) is 8.43. The number of hydrogen-bond donors (Lipinski definition) is 2.